The first-order valence-electron chi connectivity index (χ1n) is 10.9. The monoisotopic (exact) mass is 504 g/mol. The highest BCUT2D eigenvalue weighted by molar-refractivity contribution is 7.19. The number of anilines is 1. The highest BCUT2D eigenvalue weighted by atomic mass is 32.1. The molecule has 0 fully saturated rings. The summed E-state index contributed by atoms with van der Waals surface area (Å²) in [5.74, 6) is -0.721. The fourth-order valence-corrected chi connectivity index (χ4v) is 4.72. The summed E-state index contributed by atoms with van der Waals surface area (Å²) in [5, 5.41) is 5.44. The second kappa shape index (κ2) is 10.3. The van der Waals surface area contributed by atoms with Gasteiger partial charge in [0.2, 0.25) is 5.95 Å². The number of nitrogens with one attached hydrogen (secondary N) is 1. The molecule has 3 N–H and O–H groups in total. The number of rotatable bonds is 8. The lowest BCUT2D eigenvalue weighted by Crippen LogP contribution is -2.34. The molecule has 0 radical (unpaired) electrons. The fourth-order valence-electron chi connectivity index (χ4n) is 3.75. The van der Waals surface area contributed by atoms with Crippen LogP contribution in [0.25, 0.3) is 21.2 Å². The molecule has 0 spiro atoms. The van der Waals surface area contributed by atoms with E-state index in [1.54, 1.807) is 7.11 Å². The second-order valence-electron chi connectivity index (χ2n) is 8.25. The van der Waals surface area contributed by atoms with Gasteiger partial charge in [0.25, 0.3) is 0 Å². The smallest absolute Gasteiger partial charge is 0.378 e. The molecule has 35 heavy (non-hydrogen) atoms. The zero-order valence-electron chi connectivity index (χ0n) is 19.1. The van der Waals surface area contributed by atoms with Crippen molar-refractivity contribution in [2.45, 2.75) is 31.7 Å². The number of halogens is 4. The number of fused-ring (bicyclic) bond motifs is 1. The van der Waals surface area contributed by atoms with Crippen LogP contribution < -0.4 is 11.1 Å². The second-order valence-corrected chi connectivity index (χ2v) is 9.25. The molecule has 0 unspecified atom stereocenters. The molecular weight excluding hydrogens is 480 g/mol. The van der Waals surface area contributed by atoms with Crippen molar-refractivity contribution < 1.29 is 22.3 Å². The van der Waals surface area contributed by atoms with Crippen LogP contribution in [0, 0.1) is 5.95 Å². The van der Waals surface area contributed by atoms with E-state index >= 15 is 0 Å². The van der Waals surface area contributed by atoms with Gasteiger partial charge in [0.05, 0.1) is 22.7 Å². The number of hydrogen-bond donors (Lipinski definition) is 2. The molecule has 0 saturated heterocycles. The predicted molar refractivity (Wildman–Crippen MR) is 130 cm³/mol. The van der Waals surface area contributed by atoms with E-state index in [9.17, 15) is 17.6 Å². The van der Waals surface area contributed by atoms with Crippen LogP contribution in [0.15, 0.2) is 54.7 Å². The van der Waals surface area contributed by atoms with Crippen LogP contribution in [0.1, 0.15) is 29.7 Å². The highest BCUT2D eigenvalue weighted by Gasteiger charge is 2.30. The van der Waals surface area contributed by atoms with Crippen LogP contribution >= 0.6 is 11.3 Å². The molecule has 4 rings (SSSR count). The summed E-state index contributed by atoms with van der Waals surface area (Å²) in [6.45, 7) is 2.54. The quantitative estimate of drug-likeness (QED) is 0.221. The van der Waals surface area contributed by atoms with Gasteiger partial charge in [-0.2, -0.15) is 17.6 Å². The third kappa shape index (κ3) is 5.77. The first-order valence-corrected chi connectivity index (χ1v) is 11.7. The van der Waals surface area contributed by atoms with Gasteiger partial charge < -0.3 is 15.8 Å². The lowest BCUT2D eigenvalue weighted by molar-refractivity contribution is -0.137. The summed E-state index contributed by atoms with van der Waals surface area (Å²) in [6.07, 6.45) is -2.88. The van der Waals surface area contributed by atoms with Crippen molar-refractivity contribution in [3.8, 4) is 10.4 Å². The van der Waals surface area contributed by atoms with Crippen molar-refractivity contribution >= 4 is 27.2 Å². The molecule has 0 bridgehead atoms. The Morgan fingerprint density at radius 3 is 2.51 bits per heavy atom. The van der Waals surface area contributed by atoms with Crippen molar-refractivity contribution in [2.24, 2.45) is 5.73 Å². The minimum Gasteiger partial charge on any atom is -0.378 e. The summed E-state index contributed by atoms with van der Waals surface area (Å²) >= 11 is 1.43. The van der Waals surface area contributed by atoms with Gasteiger partial charge in [-0.25, -0.2) is 9.97 Å². The predicted octanol–water partition coefficient (Wildman–Crippen LogP) is 6.21. The van der Waals surface area contributed by atoms with Crippen molar-refractivity contribution in [1.82, 2.24) is 9.97 Å². The SMILES string of the molecule is COCc1nc(NC[C@@H](N)[C@@H](C)c2ccc(C(F)(F)F)cc2)sc1-c1ccc2cnc(F)cc2c1. The lowest BCUT2D eigenvalue weighted by Gasteiger charge is -2.21. The molecule has 2 heterocycles. The molecule has 0 aliphatic heterocycles. The van der Waals surface area contributed by atoms with E-state index in [4.69, 9.17) is 10.5 Å². The Morgan fingerprint density at radius 2 is 1.83 bits per heavy atom. The number of aromatic nitrogens is 2. The number of nitrogens with two attached hydrogens (primary N) is 1. The van der Waals surface area contributed by atoms with Crippen LogP contribution in [0.3, 0.4) is 0 Å². The molecule has 0 amide bonds. The van der Waals surface area contributed by atoms with Gasteiger partial charge in [-0.3, -0.25) is 0 Å². The average molecular weight is 505 g/mol. The number of ether oxygens (including phenoxy) is 1. The minimum atomic E-state index is -4.37. The Labute approximate surface area is 204 Å². The fraction of sp³-hybridized carbons (Fsp3) is 0.280. The van der Waals surface area contributed by atoms with E-state index in [1.165, 1.54) is 35.7 Å². The van der Waals surface area contributed by atoms with Crippen LogP contribution in [0.5, 0.6) is 0 Å². The summed E-state index contributed by atoms with van der Waals surface area (Å²) in [4.78, 5) is 9.20. The number of alkyl halides is 3. The van der Waals surface area contributed by atoms with Crippen molar-refractivity contribution in [3.05, 3.63) is 77.5 Å². The Hall–Kier alpha value is -3.08. The number of hydrogen-bond acceptors (Lipinski definition) is 6. The number of thiazole rings is 1. The zero-order chi connectivity index (χ0) is 25.2. The topological polar surface area (TPSA) is 73.1 Å². The molecule has 4 aromatic rings. The van der Waals surface area contributed by atoms with Gasteiger partial charge in [-0.15, -0.1) is 0 Å². The van der Waals surface area contributed by atoms with Crippen molar-refractivity contribution in [2.75, 3.05) is 19.0 Å². The van der Waals surface area contributed by atoms with Gasteiger partial charge in [0.15, 0.2) is 5.13 Å². The van der Waals surface area contributed by atoms with E-state index < -0.39 is 17.7 Å². The molecule has 2 aromatic carbocycles. The summed E-state index contributed by atoms with van der Waals surface area (Å²) in [5.41, 5.74) is 7.99. The third-order valence-corrected chi connectivity index (χ3v) is 6.93. The van der Waals surface area contributed by atoms with Crippen molar-refractivity contribution in [3.63, 3.8) is 0 Å². The maximum Gasteiger partial charge on any atom is 0.416 e. The molecule has 2 aromatic heterocycles. The number of pyridine rings is 1. The molecule has 0 aliphatic carbocycles. The van der Waals surface area contributed by atoms with Crippen molar-refractivity contribution in [1.29, 1.82) is 0 Å². The van der Waals surface area contributed by atoms with Gasteiger partial charge in [0.1, 0.15) is 0 Å². The molecule has 0 saturated carbocycles. The molecular formula is C25H24F4N4OS. The van der Waals surface area contributed by atoms with Gasteiger partial charge in [-0.1, -0.05) is 42.5 Å². The highest BCUT2D eigenvalue weighted by Crippen LogP contribution is 2.35. The standard InChI is InChI=1S/C25H24F4N4OS/c1-14(15-5-7-19(8-6-15)25(27,28)29)20(30)12-32-24-33-21(13-34-2)23(35-24)16-3-4-17-11-31-22(26)10-18(17)9-16/h3-11,14,20H,12-13,30H2,1-2H3,(H,32,33)/t14-,20+/m0/s1. The van der Waals surface area contributed by atoms with E-state index in [2.05, 4.69) is 15.3 Å². The molecule has 5 nitrogen and oxygen atoms in total. The molecule has 2 atom stereocenters. The van der Waals surface area contributed by atoms with E-state index in [0.29, 0.717) is 18.3 Å². The largest absolute Gasteiger partial charge is 0.416 e. The maximum absolute atomic E-state index is 13.6. The van der Waals surface area contributed by atoms with Crippen LogP contribution in [-0.4, -0.2) is 29.7 Å². The van der Waals surface area contributed by atoms with Gasteiger partial charge in [0, 0.05) is 37.3 Å². The molecule has 10 heteroatoms. The molecule has 184 valence electrons. The first kappa shape index (κ1) is 25.0. The maximum atomic E-state index is 13.6. The Kier molecular flexibility index (Phi) is 7.34. The number of methoxy groups -OCH3 is 1. The van der Waals surface area contributed by atoms with Gasteiger partial charge >= 0.3 is 6.18 Å². The summed E-state index contributed by atoms with van der Waals surface area (Å²) in [6, 6.07) is 11.8. The van der Waals surface area contributed by atoms with Crippen LogP contribution in [-0.2, 0) is 17.5 Å². The van der Waals surface area contributed by atoms with E-state index in [1.807, 2.05) is 25.1 Å². The van der Waals surface area contributed by atoms with Crippen LogP contribution in [0.2, 0.25) is 0 Å². The summed E-state index contributed by atoms with van der Waals surface area (Å²) < 4.78 is 57.4. The normalized spacial score (nSPS) is 13.7. The third-order valence-electron chi connectivity index (χ3n) is 5.82. The lowest BCUT2D eigenvalue weighted by atomic mass is 9.93. The zero-order valence-corrected chi connectivity index (χ0v) is 19.9. The Morgan fingerprint density at radius 1 is 1.09 bits per heavy atom. The van der Waals surface area contributed by atoms with Gasteiger partial charge in [-0.05, 0) is 40.6 Å². The average Bonchev–Trinajstić information content (AvgIpc) is 3.24. The number of benzene rings is 2. The van der Waals surface area contributed by atoms with Crippen LogP contribution in [0.4, 0.5) is 22.7 Å². The van der Waals surface area contributed by atoms with E-state index in [-0.39, 0.29) is 12.0 Å². The first-order chi connectivity index (χ1) is 16.7. The summed E-state index contributed by atoms with van der Waals surface area (Å²) in [7, 11) is 1.58. The molecule has 0 aliphatic rings. The Bertz CT molecular complexity index is 1310. The van der Waals surface area contributed by atoms with E-state index in [0.717, 1.165) is 44.6 Å². The Balaban J connectivity index is 1.49. The minimum absolute atomic E-state index is 0.174. The number of nitrogens with zero attached hydrogens (tertiary/aromatic N) is 2.